The third-order valence-corrected chi connectivity index (χ3v) is 4.89. The van der Waals surface area contributed by atoms with Crippen LogP contribution in [-0.2, 0) is 4.79 Å². The molecule has 1 aliphatic heterocycles. The number of nitrogens with one attached hydrogen (secondary N) is 2. The third kappa shape index (κ3) is 4.53. The van der Waals surface area contributed by atoms with Gasteiger partial charge in [-0.3, -0.25) is 9.59 Å². The summed E-state index contributed by atoms with van der Waals surface area (Å²) in [6.45, 7) is 0.319. The summed E-state index contributed by atoms with van der Waals surface area (Å²) in [4.78, 5) is 42.0. The highest BCUT2D eigenvalue weighted by atomic mass is 16.5. The van der Waals surface area contributed by atoms with Gasteiger partial charge < -0.3 is 20.3 Å². The van der Waals surface area contributed by atoms with Gasteiger partial charge in [-0.25, -0.2) is 4.79 Å². The fourth-order valence-electron chi connectivity index (χ4n) is 3.07. The van der Waals surface area contributed by atoms with Gasteiger partial charge in [-0.1, -0.05) is 24.3 Å². The first-order chi connectivity index (χ1) is 14.0. The predicted octanol–water partition coefficient (Wildman–Crippen LogP) is 2.08. The number of aliphatic imine (C=N–C) groups is 1. The fraction of sp³-hybridized carbons (Fsp3) is 0.333. The van der Waals surface area contributed by atoms with Crippen molar-refractivity contribution in [3.8, 4) is 5.75 Å². The molecule has 4 rings (SSSR count). The minimum Gasteiger partial charge on any atom is -0.483 e. The lowest BCUT2D eigenvalue weighted by Gasteiger charge is -2.21. The Morgan fingerprint density at radius 3 is 2.62 bits per heavy atom. The van der Waals surface area contributed by atoms with E-state index in [1.165, 1.54) is 4.90 Å². The van der Waals surface area contributed by atoms with Crippen molar-refractivity contribution in [3.05, 3.63) is 42.0 Å². The predicted molar refractivity (Wildman–Crippen MR) is 108 cm³/mol. The Labute approximate surface area is 167 Å². The molecule has 0 spiro atoms. The quantitative estimate of drug-likeness (QED) is 0.811. The number of rotatable bonds is 5. The van der Waals surface area contributed by atoms with Gasteiger partial charge in [0.25, 0.3) is 11.8 Å². The number of carbonyl (C=O) groups is 3. The second kappa shape index (κ2) is 7.90. The van der Waals surface area contributed by atoms with Gasteiger partial charge in [-0.2, -0.15) is 4.99 Å². The second-order valence-electron chi connectivity index (χ2n) is 7.29. The third-order valence-electron chi connectivity index (χ3n) is 4.89. The van der Waals surface area contributed by atoms with E-state index < -0.39 is 11.9 Å². The van der Waals surface area contributed by atoms with Crippen LogP contribution in [0.2, 0.25) is 0 Å². The highest BCUT2D eigenvalue weighted by molar-refractivity contribution is 6.12. The Balaban J connectivity index is 1.56. The van der Waals surface area contributed by atoms with Crippen LogP contribution in [0.4, 0.5) is 4.79 Å². The average Bonchev–Trinajstić information content (AvgIpc) is 3.52. The molecule has 1 aliphatic carbocycles. The molecule has 8 heteroatoms. The maximum absolute atomic E-state index is 12.9. The molecule has 150 valence electrons. The molecule has 2 N–H and O–H groups in total. The highest BCUT2D eigenvalue weighted by Crippen LogP contribution is 2.26. The van der Waals surface area contributed by atoms with Crippen LogP contribution in [0.15, 0.2) is 41.4 Å². The first kappa shape index (κ1) is 18.9. The van der Waals surface area contributed by atoms with Gasteiger partial charge >= 0.3 is 6.03 Å². The number of ether oxygens (including phenoxy) is 1. The molecular weight excluding hydrogens is 372 g/mol. The summed E-state index contributed by atoms with van der Waals surface area (Å²) >= 11 is 0. The monoisotopic (exact) mass is 394 g/mol. The van der Waals surface area contributed by atoms with Crippen LogP contribution in [0.3, 0.4) is 0 Å². The number of amidine groups is 1. The molecule has 8 nitrogen and oxygen atoms in total. The van der Waals surface area contributed by atoms with E-state index in [1.807, 2.05) is 24.3 Å². The minimum atomic E-state index is -0.426. The minimum absolute atomic E-state index is 0.167. The molecule has 1 saturated carbocycles. The molecule has 1 fully saturated rings. The van der Waals surface area contributed by atoms with Crippen LogP contribution >= 0.6 is 0 Å². The Hall–Kier alpha value is -3.42. The van der Waals surface area contributed by atoms with Crippen LogP contribution in [0, 0.1) is 0 Å². The summed E-state index contributed by atoms with van der Waals surface area (Å²) in [5, 5.41) is 7.33. The van der Waals surface area contributed by atoms with E-state index in [0.717, 1.165) is 23.6 Å². The summed E-state index contributed by atoms with van der Waals surface area (Å²) in [6, 6.07) is 10.9. The smallest absolute Gasteiger partial charge is 0.344 e. The van der Waals surface area contributed by atoms with Gasteiger partial charge in [0.15, 0.2) is 6.61 Å². The molecule has 0 atom stereocenters. The molecule has 2 aliphatic rings. The molecule has 2 aromatic carbocycles. The van der Waals surface area contributed by atoms with Crippen molar-refractivity contribution in [3.63, 3.8) is 0 Å². The van der Waals surface area contributed by atoms with E-state index in [1.54, 1.807) is 19.2 Å². The Bertz CT molecular complexity index is 1010. The number of carbonyl (C=O) groups excluding carboxylic acids is 3. The van der Waals surface area contributed by atoms with Crippen LogP contribution in [-0.4, -0.2) is 54.8 Å². The Morgan fingerprint density at radius 1 is 1.21 bits per heavy atom. The van der Waals surface area contributed by atoms with Crippen molar-refractivity contribution in [2.75, 3.05) is 20.2 Å². The molecule has 0 saturated heterocycles. The highest BCUT2D eigenvalue weighted by Gasteiger charge is 2.24. The van der Waals surface area contributed by atoms with Gasteiger partial charge in [0, 0.05) is 26.1 Å². The summed E-state index contributed by atoms with van der Waals surface area (Å²) in [5.41, 5.74) is 0.289. The van der Waals surface area contributed by atoms with Crippen LogP contribution in [0.1, 0.15) is 29.6 Å². The maximum Gasteiger partial charge on any atom is 0.344 e. The lowest BCUT2D eigenvalue weighted by molar-refractivity contribution is -0.123. The summed E-state index contributed by atoms with van der Waals surface area (Å²) in [6.07, 6.45) is 2.44. The van der Waals surface area contributed by atoms with E-state index in [-0.39, 0.29) is 24.1 Å². The van der Waals surface area contributed by atoms with Crippen LogP contribution in [0.25, 0.3) is 10.8 Å². The van der Waals surface area contributed by atoms with Crippen molar-refractivity contribution < 1.29 is 19.1 Å². The number of nitrogens with zero attached hydrogens (tertiary/aromatic N) is 2. The van der Waals surface area contributed by atoms with Crippen LogP contribution in [0.5, 0.6) is 5.75 Å². The van der Waals surface area contributed by atoms with Gasteiger partial charge in [0.2, 0.25) is 0 Å². The standard InChI is InChI=1S/C21H22N4O4/c1-25-9-8-18(24-21(25)28)23-20(27)16-10-13-4-2-3-5-14(13)11-17(16)29-12-19(26)22-15-6-7-15/h2-5,10-11,15H,6-9,12H2,1H3,(H,22,26)(H,23,24,27,28). The van der Waals surface area contributed by atoms with E-state index >= 15 is 0 Å². The van der Waals surface area contributed by atoms with Crippen molar-refractivity contribution in [1.82, 2.24) is 15.5 Å². The van der Waals surface area contributed by atoms with Gasteiger partial charge in [-0.05, 0) is 35.7 Å². The number of urea groups is 1. The molecular formula is C21H22N4O4. The number of benzene rings is 2. The summed E-state index contributed by atoms with van der Waals surface area (Å²) in [7, 11) is 1.66. The van der Waals surface area contributed by atoms with Crippen molar-refractivity contribution >= 4 is 34.5 Å². The number of amides is 4. The molecule has 29 heavy (non-hydrogen) atoms. The summed E-state index contributed by atoms with van der Waals surface area (Å²) < 4.78 is 5.70. The average molecular weight is 394 g/mol. The topological polar surface area (TPSA) is 100 Å². The normalized spacial score (nSPS) is 16.4. The molecule has 2 aromatic rings. The van der Waals surface area contributed by atoms with Gasteiger partial charge in [-0.15, -0.1) is 0 Å². The van der Waals surface area contributed by atoms with E-state index in [4.69, 9.17) is 4.74 Å². The Kier molecular flexibility index (Phi) is 5.16. The van der Waals surface area contributed by atoms with Crippen molar-refractivity contribution in [2.45, 2.75) is 25.3 Å². The number of hydrogen-bond donors (Lipinski definition) is 2. The van der Waals surface area contributed by atoms with Gasteiger partial charge in [0.1, 0.15) is 11.6 Å². The zero-order valence-electron chi connectivity index (χ0n) is 16.1. The lowest BCUT2D eigenvalue weighted by atomic mass is 10.1. The molecule has 0 radical (unpaired) electrons. The van der Waals surface area contributed by atoms with Crippen molar-refractivity contribution in [2.24, 2.45) is 4.99 Å². The largest absolute Gasteiger partial charge is 0.483 e. The zero-order chi connectivity index (χ0) is 20.4. The first-order valence-electron chi connectivity index (χ1n) is 9.58. The molecule has 4 amide bonds. The van der Waals surface area contributed by atoms with E-state index in [0.29, 0.717) is 24.6 Å². The molecule has 0 aromatic heterocycles. The maximum atomic E-state index is 12.9. The SMILES string of the molecule is CN1CCC(NC(=O)c2cc3ccccc3cc2OCC(=O)NC2CC2)=NC1=O. The number of hydrogen-bond acceptors (Lipinski definition) is 4. The fourth-order valence-corrected chi connectivity index (χ4v) is 3.07. The lowest BCUT2D eigenvalue weighted by Crippen LogP contribution is -2.40. The molecule has 1 heterocycles. The molecule has 0 bridgehead atoms. The number of fused-ring (bicyclic) bond motifs is 1. The first-order valence-corrected chi connectivity index (χ1v) is 9.58. The Morgan fingerprint density at radius 2 is 1.93 bits per heavy atom. The second-order valence-corrected chi connectivity index (χ2v) is 7.29. The van der Waals surface area contributed by atoms with E-state index in [2.05, 4.69) is 15.6 Å². The van der Waals surface area contributed by atoms with Crippen molar-refractivity contribution in [1.29, 1.82) is 0 Å². The van der Waals surface area contributed by atoms with E-state index in [9.17, 15) is 14.4 Å². The van der Waals surface area contributed by atoms with Crippen LogP contribution < -0.4 is 15.4 Å². The zero-order valence-corrected chi connectivity index (χ0v) is 16.1. The molecule has 0 unspecified atom stereocenters. The summed E-state index contributed by atoms with van der Waals surface area (Å²) in [5.74, 6) is -0.00236. The van der Waals surface area contributed by atoms with Gasteiger partial charge in [0.05, 0.1) is 5.56 Å².